The summed E-state index contributed by atoms with van der Waals surface area (Å²) < 4.78 is 44.1. The largest absolute Gasteiger partial charge is 0.493 e. The van der Waals surface area contributed by atoms with Crippen molar-refractivity contribution in [2.24, 2.45) is 40.2 Å². The van der Waals surface area contributed by atoms with Gasteiger partial charge in [-0.1, -0.05) is 40.7 Å². The van der Waals surface area contributed by atoms with Crippen LogP contribution in [0.15, 0.2) is 18.2 Å². The number of carbonyl (C=O) groups is 4. The lowest BCUT2D eigenvalue weighted by molar-refractivity contribution is -0.178. The Morgan fingerprint density at radius 1 is 0.981 bits per heavy atom. The van der Waals surface area contributed by atoms with Crippen LogP contribution in [0.5, 0.6) is 11.5 Å². The maximum absolute atomic E-state index is 13.8. The molecule has 4 atom stereocenters. The number of nitrogens with zero attached hydrogens (tertiary/aromatic N) is 1. The van der Waals surface area contributed by atoms with E-state index in [1.165, 1.54) is 4.90 Å². The molecule has 3 rings (SSSR count). The van der Waals surface area contributed by atoms with E-state index >= 15 is 0 Å². The second kappa shape index (κ2) is 20.9. The molecule has 54 heavy (non-hydrogen) atoms. The number of primary amides is 1. The van der Waals surface area contributed by atoms with Gasteiger partial charge in [-0.2, -0.15) is 0 Å². The van der Waals surface area contributed by atoms with Crippen LogP contribution in [0.25, 0.3) is 0 Å². The van der Waals surface area contributed by atoms with E-state index in [0.717, 1.165) is 12.0 Å². The van der Waals surface area contributed by atoms with Crippen molar-refractivity contribution in [3.63, 3.8) is 0 Å². The Labute approximate surface area is 320 Å². The van der Waals surface area contributed by atoms with E-state index in [0.29, 0.717) is 44.0 Å². The lowest BCUT2D eigenvalue weighted by Gasteiger charge is -2.35. The standard InChI is InChI=1S/C39H63N3O12/c1-25(2)27(15-26-11-12-31(48-9)33(16-26)51-14-10-13-47-8)17-30-32(18-29(38(3,4)5)34(43)41-21-39(6,7)36(40)45)52-22-42(30)37(46)54-24-53-35(44)28-19-49-23-50-20-28/h11-12,16,25,27-30,32H,10,13-15,17-24H2,1-9H3,(H2,40,45)(H,41,43). The van der Waals surface area contributed by atoms with Gasteiger partial charge in [0.05, 0.1) is 44.5 Å². The second-order valence-corrected chi connectivity index (χ2v) is 16.2. The second-order valence-electron chi connectivity index (χ2n) is 16.2. The van der Waals surface area contributed by atoms with Crippen molar-refractivity contribution in [2.75, 3.05) is 67.5 Å². The first-order valence-corrected chi connectivity index (χ1v) is 18.7. The molecular weight excluding hydrogens is 702 g/mol. The molecule has 3 amide bonds. The summed E-state index contributed by atoms with van der Waals surface area (Å²) in [5.41, 5.74) is 5.17. The number of amides is 3. The van der Waals surface area contributed by atoms with Crippen LogP contribution in [0.3, 0.4) is 0 Å². The van der Waals surface area contributed by atoms with Gasteiger partial charge in [-0.05, 0) is 68.1 Å². The topological polar surface area (TPSA) is 183 Å². The van der Waals surface area contributed by atoms with Crippen LogP contribution in [0.4, 0.5) is 4.79 Å². The molecule has 0 aromatic heterocycles. The highest BCUT2D eigenvalue weighted by Gasteiger charge is 2.45. The molecule has 0 aliphatic carbocycles. The van der Waals surface area contributed by atoms with E-state index in [1.54, 1.807) is 28.1 Å². The first-order valence-electron chi connectivity index (χ1n) is 18.7. The van der Waals surface area contributed by atoms with E-state index in [4.69, 9.17) is 43.6 Å². The van der Waals surface area contributed by atoms with E-state index < -0.39 is 59.6 Å². The summed E-state index contributed by atoms with van der Waals surface area (Å²) in [5, 5.41) is 2.93. The smallest absolute Gasteiger partial charge is 0.414 e. The molecule has 0 bridgehead atoms. The quantitative estimate of drug-likeness (QED) is 0.109. The Balaban J connectivity index is 1.85. The molecule has 15 heteroatoms. The number of hydrogen-bond acceptors (Lipinski definition) is 12. The van der Waals surface area contributed by atoms with Gasteiger partial charge in [0, 0.05) is 32.6 Å². The highest BCUT2D eigenvalue weighted by Crippen LogP contribution is 2.38. The van der Waals surface area contributed by atoms with Crippen LogP contribution in [0.1, 0.15) is 73.3 Å². The normalized spacial score (nSPS) is 19.3. The highest BCUT2D eigenvalue weighted by molar-refractivity contribution is 5.83. The number of nitrogens with one attached hydrogen (secondary N) is 1. The number of rotatable bonds is 20. The highest BCUT2D eigenvalue weighted by atomic mass is 16.7. The molecular formula is C39H63N3O12. The molecule has 0 spiro atoms. The van der Waals surface area contributed by atoms with Gasteiger partial charge in [0.2, 0.25) is 18.6 Å². The molecule has 306 valence electrons. The fourth-order valence-electron chi connectivity index (χ4n) is 6.39. The monoisotopic (exact) mass is 765 g/mol. The molecule has 2 fully saturated rings. The maximum Gasteiger partial charge on any atom is 0.414 e. The third-order valence-electron chi connectivity index (χ3n) is 10.2. The van der Waals surface area contributed by atoms with Gasteiger partial charge < -0.3 is 48.9 Å². The SMILES string of the molecule is COCCCOc1cc(CC(CC2C(CC(C(=O)NCC(C)(C)C(N)=O)C(C)(C)C)OCN2C(=O)OCOC(=O)C2COCOC2)C(C)C)ccc1OC. The zero-order valence-electron chi connectivity index (χ0n) is 33.6. The van der Waals surface area contributed by atoms with Crippen LogP contribution in [-0.2, 0) is 49.2 Å². The zero-order valence-corrected chi connectivity index (χ0v) is 33.6. The maximum atomic E-state index is 13.8. The Morgan fingerprint density at radius 3 is 2.30 bits per heavy atom. The summed E-state index contributed by atoms with van der Waals surface area (Å²) in [7, 11) is 3.25. The molecule has 3 N–H and O–H groups in total. The summed E-state index contributed by atoms with van der Waals surface area (Å²) in [5.74, 6) is -0.972. The van der Waals surface area contributed by atoms with Gasteiger partial charge in [-0.15, -0.1) is 0 Å². The fourth-order valence-corrected chi connectivity index (χ4v) is 6.39. The van der Waals surface area contributed by atoms with Crippen molar-refractivity contribution in [3.8, 4) is 11.5 Å². The number of hydrogen-bond donors (Lipinski definition) is 2. The van der Waals surface area contributed by atoms with E-state index in [1.807, 2.05) is 39.0 Å². The summed E-state index contributed by atoms with van der Waals surface area (Å²) in [6.45, 7) is 14.4. The minimum Gasteiger partial charge on any atom is -0.493 e. The predicted molar refractivity (Wildman–Crippen MR) is 198 cm³/mol. The van der Waals surface area contributed by atoms with Gasteiger partial charge in [-0.3, -0.25) is 19.3 Å². The Bertz CT molecular complexity index is 1370. The summed E-state index contributed by atoms with van der Waals surface area (Å²) >= 11 is 0. The van der Waals surface area contributed by atoms with Crippen LogP contribution in [-0.4, -0.2) is 108 Å². The van der Waals surface area contributed by atoms with Gasteiger partial charge in [0.25, 0.3) is 0 Å². The molecule has 0 saturated carbocycles. The van der Waals surface area contributed by atoms with Gasteiger partial charge in [-0.25, -0.2) is 4.79 Å². The Hall–Kier alpha value is -3.66. The van der Waals surface area contributed by atoms with Crippen molar-refractivity contribution < 1.29 is 57.1 Å². The van der Waals surface area contributed by atoms with Crippen molar-refractivity contribution in [1.29, 1.82) is 0 Å². The average Bonchev–Trinajstić information content (AvgIpc) is 3.52. The van der Waals surface area contributed by atoms with Crippen LogP contribution < -0.4 is 20.5 Å². The number of ether oxygens (including phenoxy) is 8. The third-order valence-corrected chi connectivity index (χ3v) is 10.2. The minimum absolute atomic E-state index is 0.0617. The third kappa shape index (κ3) is 13.3. The molecule has 2 saturated heterocycles. The molecule has 2 aliphatic rings. The molecule has 2 heterocycles. The number of benzene rings is 1. The number of methoxy groups -OCH3 is 2. The van der Waals surface area contributed by atoms with E-state index in [9.17, 15) is 19.2 Å². The van der Waals surface area contributed by atoms with Crippen LogP contribution >= 0.6 is 0 Å². The van der Waals surface area contributed by atoms with Crippen LogP contribution in [0, 0.1) is 34.5 Å². The van der Waals surface area contributed by atoms with Crippen LogP contribution in [0.2, 0.25) is 0 Å². The fraction of sp³-hybridized carbons (Fsp3) is 0.744. The average molecular weight is 766 g/mol. The van der Waals surface area contributed by atoms with Crippen molar-refractivity contribution in [2.45, 2.75) is 86.3 Å². The van der Waals surface area contributed by atoms with Crippen molar-refractivity contribution >= 4 is 23.9 Å². The molecule has 1 aromatic carbocycles. The molecule has 0 radical (unpaired) electrons. The predicted octanol–water partition coefficient (Wildman–Crippen LogP) is 4.28. The molecule has 15 nitrogen and oxygen atoms in total. The Kier molecular flexibility index (Phi) is 17.3. The molecule has 4 unspecified atom stereocenters. The number of esters is 1. The number of nitrogens with two attached hydrogens (primary N) is 1. The summed E-state index contributed by atoms with van der Waals surface area (Å²) in [6.07, 6.45) is 0.975. The zero-order chi connectivity index (χ0) is 40.1. The lowest BCUT2D eigenvalue weighted by atomic mass is 9.74. The summed E-state index contributed by atoms with van der Waals surface area (Å²) in [4.78, 5) is 53.4. The van der Waals surface area contributed by atoms with Crippen molar-refractivity contribution in [1.82, 2.24) is 10.2 Å². The first kappa shape index (κ1) is 44.7. The van der Waals surface area contributed by atoms with Gasteiger partial charge in [0.15, 0.2) is 11.5 Å². The van der Waals surface area contributed by atoms with E-state index in [2.05, 4.69) is 19.2 Å². The van der Waals surface area contributed by atoms with Crippen molar-refractivity contribution in [3.05, 3.63) is 23.8 Å². The van der Waals surface area contributed by atoms with Gasteiger partial charge in [0.1, 0.15) is 19.4 Å². The first-order chi connectivity index (χ1) is 25.5. The minimum atomic E-state index is -0.938. The number of carbonyl (C=O) groups excluding carboxylic acids is 4. The molecule has 2 aliphatic heterocycles. The summed E-state index contributed by atoms with van der Waals surface area (Å²) in [6, 6.07) is 5.40. The Morgan fingerprint density at radius 2 is 1.69 bits per heavy atom. The van der Waals surface area contributed by atoms with Gasteiger partial charge >= 0.3 is 12.1 Å². The lowest BCUT2D eigenvalue weighted by Crippen LogP contribution is -2.48. The van der Waals surface area contributed by atoms with E-state index in [-0.39, 0.29) is 51.0 Å². The molecule has 1 aromatic rings.